The first-order valence-electron chi connectivity index (χ1n) is 7.66. The summed E-state index contributed by atoms with van der Waals surface area (Å²) in [6.45, 7) is 4.65. The highest BCUT2D eigenvalue weighted by molar-refractivity contribution is 7.78. The molecule has 0 fully saturated rings. The molecule has 0 aromatic rings. The smallest absolute Gasteiger partial charge is 0.243 e. The number of hydrogen-bond acceptors (Lipinski definition) is 4. The third-order valence-electron chi connectivity index (χ3n) is 3.03. The Balaban J connectivity index is 5.19. The Morgan fingerprint density at radius 3 is 1.73 bits per heavy atom. The molecule has 0 spiro atoms. The molecule has 0 radical (unpaired) electrons. The Morgan fingerprint density at radius 2 is 1.41 bits per heavy atom. The Morgan fingerprint density at radius 1 is 0.955 bits per heavy atom. The van der Waals surface area contributed by atoms with Gasteiger partial charge in [-0.15, -0.1) is 34.8 Å². The van der Waals surface area contributed by atoms with E-state index in [1.54, 1.807) is 0 Å². The highest BCUT2D eigenvalue weighted by Crippen LogP contribution is 2.65. The molecule has 1 unspecified atom stereocenters. The Kier molecular flexibility index (Phi) is 14.8. The van der Waals surface area contributed by atoms with Gasteiger partial charge in [0, 0.05) is 0 Å². The second kappa shape index (κ2) is 14.2. The van der Waals surface area contributed by atoms with Crippen molar-refractivity contribution in [2.45, 2.75) is 39.5 Å². The van der Waals surface area contributed by atoms with Crippen LogP contribution in [0.25, 0.3) is 0 Å². The van der Waals surface area contributed by atoms with Crippen molar-refractivity contribution in [3.05, 3.63) is 0 Å². The minimum absolute atomic E-state index is 0.108. The first kappa shape index (κ1) is 22.9. The number of unbranched alkanes of at least 4 members (excludes halogenated alkanes) is 1. The van der Waals surface area contributed by atoms with Gasteiger partial charge < -0.3 is 0 Å². The SMILES string of the molecule is CCCCC(CC)C(=O)[P+](OCCCl)(OCCCl)OCCCl. The fourth-order valence-corrected chi connectivity index (χ4v) is 4.86. The summed E-state index contributed by atoms with van der Waals surface area (Å²) < 4.78 is 17.0. The lowest BCUT2D eigenvalue weighted by atomic mass is 10.0. The molecule has 0 aliphatic rings. The van der Waals surface area contributed by atoms with Gasteiger partial charge in [0.1, 0.15) is 19.8 Å². The fraction of sp³-hybridized carbons (Fsp3) is 0.929. The summed E-state index contributed by atoms with van der Waals surface area (Å²) in [4.78, 5) is 13.0. The van der Waals surface area contributed by atoms with Gasteiger partial charge in [-0.25, -0.2) is 4.79 Å². The molecule has 8 heteroatoms. The van der Waals surface area contributed by atoms with Crippen LogP contribution in [0.3, 0.4) is 0 Å². The average Bonchev–Trinajstić information content (AvgIpc) is 2.55. The van der Waals surface area contributed by atoms with Crippen LogP contribution < -0.4 is 0 Å². The van der Waals surface area contributed by atoms with E-state index in [2.05, 4.69) is 6.92 Å². The van der Waals surface area contributed by atoms with Gasteiger partial charge in [0.05, 0.1) is 23.6 Å². The molecule has 1 atom stereocenters. The first-order chi connectivity index (χ1) is 10.6. The van der Waals surface area contributed by atoms with E-state index in [9.17, 15) is 4.79 Å². The van der Waals surface area contributed by atoms with Crippen molar-refractivity contribution in [1.29, 1.82) is 0 Å². The molecular formula is C14H27Cl3O4P+. The third-order valence-corrected chi connectivity index (χ3v) is 5.97. The monoisotopic (exact) mass is 395 g/mol. The molecule has 0 amide bonds. The standard InChI is InChI=1S/C14H27Cl3O4P/c1-3-5-6-13(4-2)14(18)22(19-10-7-15,20-11-8-16)21-12-9-17/h13H,3-12H2,1-2H3/q+1. The number of carbonyl (C=O) groups is 1. The molecule has 0 rings (SSSR count). The number of hydrogen-bond donors (Lipinski definition) is 0. The highest BCUT2D eigenvalue weighted by Gasteiger charge is 2.57. The van der Waals surface area contributed by atoms with Crippen LogP contribution in [-0.4, -0.2) is 43.0 Å². The maximum Gasteiger partial charge on any atom is 0.486 e. The van der Waals surface area contributed by atoms with E-state index in [4.69, 9.17) is 48.4 Å². The molecule has 0 aliphatic carbocycles. The minimum Gasteiger partial charge on any atom is -0.243 e. The number of alkyl halides is 3. The zero-order valence-electron chi connectivity index (χ0n) is 13.4. The zero-order chi connectivity index (χ0) is 16.8. The van der Waals surface area contributed by atoms with Crippen LogP contribution >= 0.6 is 42.7 Å². The van der Waals surface area contributed by atoms with Crippen LogP contribution in [0, 0.1) is 5.92 Å². The summed E-state index contributed by atoms with van der Waals surface area (Å²) in [5, 5.41) is 0. The van der Waals surface area contributed by atoms with Gasteiger partial charge in [0.2, 0.25) is 0 Å². The Bertz CT molecular complexity index is 273. The third kappa shape index (κ3) is 8.10. The lowest BCUT2D eigenvalue weighted by Gasteiger charge is -2.23. The first-order valence-corrected chi connectivity index (χ1v) is 10.8. The van der Waals surface area contributed by atoms with E-state index in [1.165, 1.54) is 0 Å². The van der Waals surface area contributed by atoms with Crippen molar-refractivity contribution in [2.75, 3.05) is 37.5 Å². The van der Waals surface area contributed by atoms with Crippen LogP contribution in [0.4, 0.5) is 0 Å². The van der Waals surface area contributed by atoms with Crippen LogP contribution in [0.5, 0.6) is 0 Å². The molecule has 4 nitrogen and oxygen atoms in total. The van der Waals surface area contributed by atoms with Crippen molar-refractivity contribution in [3.63, 3.8) is 0 Å². The Labute approximate surface area is 149 Å². The summed E-state index contributed by atoms with van der Waals surface area (Å²) in [6.07, 6.45) is 3.53. The van der Waals surface area contributed by atoms with Gasteiger partial charge in [0.15, 0.2) is 0 Å². The largest absolute Gasteiger partial charge is 0.486 e. The number of rotatable bonds is 15. The molecule has 0 aromatic heterocycles. The van der Waals surface area contributed by atoms with E-state index in [1.807, 2.05) is 6.92 Å². The molecule has 0 aromatic carbocycles. The summed E-state index contributed by atoms with van der Waals surface area (Å²) in [5.41, 5.74) is -0.108. The quantitative estimate of drug-likeness (QED) is 0.280. The van der Waals surface area contributed by atoms with E-state index in [0.717, 1.165) is 25.7 Å². The Hall–Kier alpha value is 0.850. The molecule has 0 aliphatic heterocycles. The summed E-state index contributed by atoms with van der Waals surface area (Å²) in [6, 6.07) is 0. The topological polar surface area (TPSA) is 44.8 Å². The predicted octanol–water partition coefficient (Wildman–Crippen LogP) is 5.26. The van der Waals surface area contributed by atoms with Crippen molar-refractivity contribution in [2.24, 2.45) is 5.92 Å². The second-order valence-corrected chi connectivity index (χ2v) is 7.99. The molecule has 132 valence electrons. The van der Waals surface area contributed by atoms with E-state index in [-0.39, 0.29) is 48.9 Å². The van der Waals surface area contributed by atoms with E-state index in [0.29, 0.717) is 0 Å². The minimum atomic E-state index is -3.14. The van der Waals surface area contributed by atoms with Crippen molar-refractivity contribution in [1.82, 2.24) is 0 Å². The van der Waals surface area contributed by atoms with Gasteiger partial charge >= 0.3 is 13.5 Å². The van der Waals surface area contributed by atoms with Crippen molar-refractivity contribution in [3.8, 4) is 0 Å². The normalized spacial score (nSPS) is 13.3. The van der Waals surface area contributed by atoms with Crippen LogP contribution in [0.2, 0.25) is 0 Å². The van der Waals surface area contributed by atoms with Crippen LogP contribution in [-0.2, 0) is 18.4 Å². The van der Waals surface area contributed by atoms with Gasteiger partial charge in [-0.1, -0.05) is 26.7 Å². The summed E-state index contributed by atoms with van der Waals surface area (Å²) in [5.74, 6) is 0.633. The average molecular weight is 397 g/mol. The van der Waals surface area contributed by atoms with Crippen molar-refractivity contribution >= 4 is 48.3 Å². The molecule has 0 heterocycles. The number of halogens is 3. The summed E-state index contributed by atoms with van der Waals surface area (Å²) in [7, 11) is -3.14. The van der Waals surface area contributed by atoms with Gasteiger partial charge in [-0.05, 0) is 12.8 Å². The van der Waals surface area contributed by atoms with Crippen LogP contribution in [0.1, 0.15) is 39.5 Å². The van der Waals surface area contributed by atoms with E-state index < -0.39 is 7.94 Å². The molecular weight excluding hydrogens is 369 g/mol. The van der Waals surface area contributed by atoms with Gasteiger partial charge in [-0.3, -0.25) is 0 Å². The summed E-state index contributed by atoms with van der Waals surface area (Å²) >= 11 is 17.1. The lowest BCUT2D eigenvalue weighted by molar-refractivity contribution is -0.119. The van der Waals surface area contributed by atoms with Gasteiger partial charge in [0.25, 0.3) is 0 Å². The molecule has 0 bridgehead atoms. The van der Waals surface area contributed by atoms with Crippen LogP contribution in [0.15, 0.2) is 0 Å². The maximum absolute atomic E-state index is 13.0. The molecule has 0 saturated carbocycles. The fourth-order valence-electron chi connectivity index (χ4n) is 1.94. The predicted molar refractivity (Wildman–Crippen MR) is 95.2 cm³/mol. The lowest BCUT2D eigenvalue weighted by Crippen LogP contribution is -2.25. The van der Waals surface area contributed by atoms with Crippen molar-refractivity contribution < 1.29 is 18.4 Å². The molecule has 0 saturated heterocycles. The maximum atomic E-state index is 13.0. The second-order valence-electron chi connectivity index (χ2n) is 4.65. The number of carbonyl (C=O) groups excluding carboxylic acids is 1. The zero-order valence-corrected chi connectivity index (χ0v) is 16.5. The van der Waals surface area contributed by atoms with E-state index >= 15 is 0 Å². The van der Waals surface area contributed by atoms with Gasteiger partial charge in [-0.2, -0.15) is 13.6 Å². The highest BCUT2D eigenvalue weighted by atomic mass is 35.5. The molecule has 22 heavy (non-hydrogen) atoms. The molecule has 0 N–H and O–H groups in total.